The first-order valence-electron chi connectivity index (χ1n) is 10.4. The summed E-state index contributed by atoms with van der Waals surface area (Å²) in [4.78, 5) is 31.3. The summed E-state index contributed by atoms with van der Waals surface area (Å²) in [5.41, 5.74) is 0. The van der Waals surface area contributed by atoms with Crippen LogP contribution in [0.4, 0.5) is 0 Å². The molecule has 0 radical (unpaired) electrons. The summed E-state index contributed by atoms with van der Waals surface area (Å²) < 4.78 is 11.0. The molecule has 1 aliphatic carbocycles. The number of benzene rings is 1. The molecule has 29 heavy (non-hydrogen) atoms. The van der Waals surface area contributed by atoms with Crippen LogP contribution in [0.15, 0.2) is 36.4 Å². The van der Waals surface area contributed by atoms with E-state index in [4.69, 9.17) is 9.47 Å². The Hall–Kier alpha value is -2.38. The van der Waals surface area contributed by atoms with Gasteiger partial charge in [0.25, 0.3) is 0 Å². The Morgan fingerprint density at radius 1 is 0.862 bits per heavy atom. The van der Waals surface area contributed by atoms with E-state index in [0.29, 0.717) is 26.1 Å². The second kappa shape index (κ2) is 8.97. The lowest BCUT2D eigenvalue weighted by molar-refractivity contribution is -0.142. The van der Waals surface area contributed by atoms with E-state index in [1.54, 1.807) is 7.11 Å². The number of carbonyl (C=O) groups excluding carboxylic acids is 2. The molecule has 2 atom stereocenters. The number of fused-ring (bicyclic) bond motifs is 1. The third-order valence-electron chi connectivity index (χ3n) is 6.14. The van der Waals surface area contributed by atoms with Gasteiger partial charge in [-0.3, -0.25) is 24.3 Å². The van der Waals surface area contributed by atoms with Crippen molar-refractivity contribution in [3.8, 4) is 11.5 Å². The lowest BCUT2D eigenvalue weighted by atomic mass is 9.85. The van der Waals surface area contributed by atoms with Gasteiger partial charge in [0.1, 0.15) is 18.1 Å². The number of likely N-dealkylation sites (tertiary alicyclic amines) is 1. The SMILES string of the molecule is COc1ccc(OCCN2CCN(CN3C(=O)[C@H]4CC=CC[C@@H]4C3=O)CC2)cc1. The van der Waals surface area contributed by atoms with Crippen LogP contribution in [0.2, 0.25) is 0 Å². The molecule has 7 heteroatoms. The molecule has 0 saturated carbocycles. The van der Waals surface area contributed by atoms with Gasteiger partial charge in [-0.15, -0.1) is 0 Å². The monoisotopic (exact) mass is 399 g/mol. The number of ether oxygens (including phenoxy) is 2. The van der Waals surface area contributed by atoms with Crippen molar-refractivity contribution >= 4 is 11.8 Å². The number of methoxy groups -OCH3 is 1. The second-order valence-electron chi connectivity index (χ2n) is 7.89. The normalized spacial score (nSPS) is 25.3. The lowest BCUT2D eigenvalue weighted by Crippen LogP contribution is -2.51. The molecule has 4 rings (SSSR count). The number of amides is 2. The van der Waals surface area contributed by atoms with Crippen molar-refractivity contribution in [2.45, 2.75) is 12.8 Å². The smallest absolute Gasteiger partial charge is 0.234 e. The minimum absolute atomic E-state index is 0.0136. The predicted octanol–water partition coefficient (Wildman–Crippen LogP) is 1.60. The van der Waals surface area contributed by atoms with Gasteiger partial charge in [-0.2, -0.15) is 0 Å². The Labute approximate surface area is 171 Å². The summed E-state index contributed by atoms with van der Waals surface area (Å²) >= 11 is 0. The molecule has 0 N–H and O–H groups in total. The van der Waals surface area contributed by atoms with Crippen molar-refractivity contribution in [1.29, 1.82) is 0 Å². The Morgan fingerprint density at radius 2 is 1.41 bits per heavy atom. The predicted molar refractivity (Wildman–Crippen MR) is 109 cm³/mol. The molecule has 3 aliphatic rings. The molecule has 2 amide bonds. The average Bonchev–Trinajstić information content (AvgIpc) is 3.00. The van der Waals surface area contributed by atoms with Crippen molar-refractivity contribution in [3.05, 3.63) is 36.4 Å². The van der Waals surface area contributed by atoms with Crippen LogP contribution in [0.1, 0.15) is 12.8 Å². The molecule has 7 nitrogen and oxygen atoms in total. The molecule has 2 fully saturated rings. The Kier molecular flexibility index (Phi) is 6.16. The van der Waals surface area contributed by atoms with Crippen molar-refractivity contribution in [2.24, 2.45) is 11.8 Å². The van der Waals surface area contributed by atoms with E-state index < -0.39 is 0 Å². The molecular weight excluding hydrogens is 370 g/mol. The van der Waals surface area contributed by atoms with E-state index in [2.05, 4.69) is 9.80 Å². The largest absolute Gasteiger partial charge is 0.497 e. The minimum atomic E-state index is -0.135. The topological polar surface area (TPSA) is 62.3 Å². The highest BCUT2D eigenvalue weighted by atomic mass is 16.5. The van der Waals surface area contributed by atoms with Crippen LogP contribution in [-0.2, 0) is 9.59 Å². The molecule has 0 aromatic heterocycles. The zero-order valence-electron chi connectivity index (χ0n) is 17.0. The molecule has 1 aromatic rings. The Balaban J connectivity index is 1.19. The fourth-order valence-electron chi connectivity index (χ4n) is 4.33. The number of piperazine rings is 1. The van der Waals surface area contributed by atoms with Crippen molar-refractivity contribution in [1.82, 2.24) is 14.7 Å². The van der Waals surface area contributed by atoms with Crippen molar-refractivity contribution < 1.29 is 19.1 Å². The van der Waals surface area contributed by atoms with Crippen LogP contribution in [-0.4, -0.2) is 79.6 Å². The minimum Gasteiger partial charge on any atom is -0.497 e. The van der Waals surface area contributed by atoms with Crippen LogP contribution < -0.4 is 9.47 Å². The van der Waals surface area contributed by atoms with Crippen LogP contribution in [0.5, 0.6) is 11.5 Å². The van der Waals surface area contributed by atoms with E-state index in [-0.39, 0.29) is 23.7 Å². The van der Waals surface area contributed by atoms with Gasteiger partial charge in [0.2, 0.25) is 11.8 Å². The van der Waals surface area contributed by atoms with Gasteiger partial charge in [0, 0.05) is 32.7 Å². The van der Waals surface area contributed by atoms with E-state index in [1.165, 1.54) is 4.90 Å². The second-order valence-corrected chi connectivity index (χ2v) is 7.89. The van der Waals surface area contributed by atoms with Gasteiger partial charge in [-0.05, 0) is 37.1 Å². The highest BCUT2D eigenvalue weighted by Crippen LogP contribution is 2.35. The molecule has 2 aliphatic heterocycles. The molecule has 0 unspecified atom stereocenters. The van der Waals surface area contributed by atoms with Crippen LogP contribution in [0, 0.1) is 11.8 Å². The van der Waals surface area contributed by atoms with Gasteiger partial charge in [-0.25, -0.2) is 0 Å². The standard InChI is InChI=1S/C22H29N3O4/c1-28-17-6-8-18(9-7-17)29-15-14-23-10-12-24(13-11-23)16-25-21(26)19-4-2-3-5-20(19)22(25)27/h2-3,6-9,19-20H,4-5,10-16H2,1H3/t19-,20-/m0/s1. The molecule has 2 saturated heterocycles. The van der Waals surface area contributed by atoms with Crippen molar-refractivity contribution in [2.75, 3.05) is 53.1 Å². The number of nitrogens with zero attached hydrogens (tertiary/aromatic N) is 3. The molecule has 0 bridgehead atoms. The third kappa shape index (κ3) is 4.46. The summed E-state index contributed by atoms with van der Waals surface area (Å²) in [5.74, 6) is 1.41. The number of rotatable bonds is 7. The molecule has 2 heterocycles. The first kappa shape index (κ1) is 19.9. The lowest BCUT2D eigenvalue weighted by Gasteiger charge is -2.36. The van der Waals surface area contributed by atoms with Gasteiger partial charge >= 0.3 is 0 Å². The fourth-order valence-corrected chi connectivity index (χ4v) is 4.33. The summed E-state index contributed by atoms with van der Waals surface area (Å²) in [6, 6.07) is 7.60. The zero-order valence-corrected chi connectivity index (χ0v) is 17.0. The fraction of sp³-hybridized carbons (Fsp3) is 0.545. The van der Waals surface area contributed by atoms with E-state index in [1.807, 2.05) is 36.4 Å². The number of carbonyl (C=O) groups is 2. The van der Waals surface area contributed by atoms with Crippen LogP contribution >= 0.6 is 0 Å². The van der Waals surface area contributed by atoms with Crippen molar-refractivity contribution in [3.63, 3.8) is 0 Å². The summed E-state index contributed by atoms with van der Waals surface area (Å²) in [7, 11) is 1.65. The Morgan fingerprint density at radius 3 is 2.00 bits per heavy atom. The summed E-state index contributed by atoms with van der Waals surface area (Å²) in [6.07, 6.45) is 5.46. The number of hydrogen-bond acceptors (Lipinski definition) is 6. The number of hydrogen-bond donors (Lipinski definition) is 0. The maximum atomic E-state index is 12.6. The molecule has 156 valence electrons. The van der Waals surface area contributed by atoms with E-state index >= 15 is 0 Å². The highest BCUT2D eigenvalue weighted by Gasteiger charge is 2.47. The molecule has 0 spiro atoms. The molecular formula is C22H29N3O4. The maximum absolute atomic E-state index is 12.6. The summed E-state index contributed by atoms with van der Waals surface area (Å²) in [5, 5.41) is 0. The number of imide groups is 1. The van der Waals surface area contributed by atoms with Crippen LogP contribution in [0.25, 0.3) is 0 Å². The zero-order chi connectivity index (χ0) is 20.2. The van der Waals surface area contributed by atoms with E-state index in [0.717, 1.165) is 44.2 Å². The third-order valence-corrected chi connectivity index (χ3v) is 6.14. The highest BCUT2D eigenvalue weighted by molar-refractivity contribution is 6.05. The summed E-state index contributed by atoms with van der Waals surface area (Å²) in [6.45, 7) is 5.46. The number of allylic oxidation sites excluding steroid dienone is 2. The van der Waals surface area contributed by atoms with Gasteiger partial charge in [-0.1, -0.05) is 12.2 Å². The van der Waals surface area contributed by atoms with E-state index in [9.17, 15) is 9.59 Å². The first-order chi connectivity index (χ1) is 14.2. The first-order valence-corrected chi connectivity index (χ1v) is 10.4. The average molecular weight is 399 g/mol. The van der Waals surface area contributed by atoms with Gasteiger partial charge < -0.3 is 9.47 Å². The quantitative estimate of drug-likeness (QED) is 0.513. The molecule has 1 aromatic carbocycles. The van der Waals surface area contributed by atoms with Gasteiger partial charge in [0.15, 0.2) is 0 Å². The maximum Gasteiger partial charge on any atom is 0.234 e. The van der Waals surface area contributed by atoms with Gasteiger partial charge in [0.05, 0.1) is 25.6 Å². The Bertz CT molecular complexity index is 730. The van der Waals surface area contributed by atoms with Crippen LogP contribution in [0.3, 0.4) is 0 Å².